The fraction of sp³-hybridized carbons (Fsp3) is 0.682. The molecule has 0 aromatic carbocycles. The van der Waals surface area contributed by atoms with Gasteiger partial charge in [0.15, 0.2) is 0 Å². The normalized spacial score (nSPS) is 15.0. The molecule has 0 atom stereocenters. The summed E-state index contributed by atoms with van der Waals surface area (Å²) in [6, 6.07) is 1.45. The molecule has 1 aliphatic rings. The molecular weight excluding hydrogens is 386 g/mol. The molecule has 0 radical (unpaired) electrons. The third-order valence-corrected chi connectivity index (χ3v) is 4.99. The summed E-state index contributed by atoms with van der Waals surface area (Å²) in [5.41, 5.74) is 0.192. The van der Waals surface area contributed by atoms with Crippen LogP contribution in [0.5, 0.6) is 0 Å². The second kappa shape index (κ2) is 10.6. The van der Waals surface area contributed by atoms with Gasteiger partial charge in [-0.15, -0.1) is 0 Å². The van der Waals surface area contributed by atoms with Gasteiger partial charge in [0.2, 0.25) is 5.91 Å². The first kappa shape index (κ1) is 23.9. The zero-order chi connectivity index (χ0) is 22.3. The third kappa shape index (κ3) is 6.86. The van der Waals surface area contributed by atoms with E-state index in [-0.39, 0.29) is 30.2 Å². The van der Waals surface area contributed by atoms with Gasteiger partial charge in [-0.3, -0.25) is 4.79 Å². The number of rotatable bonds is 8. The van der Waals surface area contributed by atoms with Crippen LogP contribution in [0.15, 0.2) is 6.07 Å². The number of hydrogen-bond donors (Lipinski definition) is 1. The molecule has 0 spiro atoms. The maximum absolute atomic E-state index is 12.6. The van der Waals surface area contributed by atoms with Crippen molar-refractivity contribution in [1.82, 2.24) is 14.8 Å². The van der Waals surface area contributed by atoms with Crippen LogP contribution in [0.3, 0.4) is 0 Å². The Bertz CT molecular complexity index is 758. The number of hydrogen-bond acceptors (Lipinski definition) is 6. The van der Waals surface area contributed by atoms with E-state index in [2.05, 4.69) is 10.2 Å². The number of carbonyl (C=O) groups excluding carboxylic acids is 3. The number of carbonyl (C=O) groups is 3. The summed E-state index contributed by atoms with van der Waals surface area (Å²) in [4.78, 5) is 39.9. The smallest absolute Gasteiger partial charge is 0.355 e. The molecule has 2 heterocycles. The first-order valence-electron chi connectivity index (χ1n) is 10.7. The number of piperidine rings is 1. The molecule has 1 saturated heterocycles. The molecule has 1 N–H and O–H groups in total. The van der Waals surface area contributed by atoms with E-state index < -0.39 is 17.5 Å². The van der Waals surface area contributed by atoms with E-state index in [1.165, 1.54) is 25.3 Å². The van der Waals surface area contributed by atoms with E-state index in [0.29, 0.717) is 12.2 Å². The monoisotopic (exact) mass is 421 g/mol. The van der Waals surface area contributed by atoms with Gasteiger partial charge in [0.1, 0.15) is 11.3 Å². The Kier molecular flexibility index (Phi) is 8.46. The van der Waals surface area contributed by atoms with Crippen LogP contribution in [-0.2, 0) is 27.7 Å². The van der Waals surface area contributed by atoms with Crippen LogP contribution in [0.25, 0.3) is 0 Å². The summed E-state index contributed by atoms with van der Waals surface area (Å²) in [5.74, 6) is -1.30. The molecule has 2 rings (SSSR count). The largest absolute Gasteiger partial charge is 0.462 e. The molecule has 8 nitrogen and oxygen atoms in total. The van der Waals surface area contributed by atoms with Crippen molar-refractivity contribution in [3.05, 3.63) is 23.0 Å². The number of esters is 2. The zero-order valence-electron chi connectivity index (χ0n) is 18.9. The summed E-state index contributed by atoms with van der Waals surface area (Å²) in [7, 11) is 1.65. The second-order valence-electron chi connectivity index (χ2n) is 8.60. The summed E-state index contributed by atoms with van der Waals surface area (Å²) in [5, 5.41) is 2.92. The molecule has 30 heavy (non-hydrogen) atoms. The van der Waals surface area contributed by atoms with Crippen LogP contribution >= 0.6 is 0 Å². The molecule has 1 aromatic rings. The van der Waals surface area contributed by atoms with Crippen molar-refractivity contribution in [1.29, 1.82) is 0 Å². The third-order valence-electron chi connectivity index (χ3n) is 4.99. The zero-order valence-corrected chi connectivity index (χ0v) is 18.9. The Morgan fingerprint density at radius 3 is 2.37 bits per heavy atom. The molecule has 8 heteroatoms. The van der Waals surface area contributed by atoms with Crippen LogP contribution in [0, 0.1) is 0 Å². The lowest BCUT2D eigenvalue weighted by Gasteiger charge is -2.26. The van der Waals surface area contributed by atoms with Crippen LogP contribution in [0.2, 0.25) is 0 Å². The number of ether oxygens (including phenoxy) is 2. The van der Waals surface area contributed by atoms with E-state index in [1.807, 2.05) is 0 Å². The Morgan fingerprint density at radius 2 is 1.77 bits per heavy atom. The fourth-order valence-electron chi connectivity index (χ4n) is 3.52. The highest BCUT2D eigenvalue weighted by Crippen LogP contribution is 2.20. The Balaban J connectivity index is 2.10. The quantitative estimate of drug-likeness (QED) is 0.648. The van der Waals surface area contributed by atoms with Crippen molar-refractivity contribution in [3.8, 4) is 0 Å². The van der Waals surface area contributed by atoms with Crippen LogP contribution in [-0.4, -0.2) is 65.7 Å². The lowest BCUT2D eigenvalue weighted by molar-refractivity contribution is -0.120. The molecule has 168 valence electrons. The van der Waals surface area contributed by atoms with Gasteiger partial charge in [-0.25, -0.2) is 9.59 Å². The summed E-state index contributed by atoms with van der Waals surface area (Å²) in [6.45, 7) is 10.7. The average molecular weight is 422 g/mol. The highest BCUT2D eigenvalue weighted by molar-refractivity contribution is 5.97. The molecule has 1 fully saturated rings. The van der Waals surface area contributed by atoms with Crippen molar-refractivity contribution in [3.63, 3.8) is 0 Å². The van der Waals surface area contributed by atoms with Crippen LogP contribution < -0.4 is 5.32 Å². The van der Waals surface area contributed by atoms with E-state index in [1.54, 1.807) is 39.3 Å². The number of likely N-dealkylation sites (tertiary alicyclic amines) is 1. The summed E-state index contributed by atoms with van der Waals surface area (Å²) >= 11 is 0. The minimum absolute atomic E-state index is 0.0204. The summed E-state index contributed by atoms with van der Waals surface area (Å²) in [6.07, 6.45) is 3.65. The van der Waals surface area contributed by atoms with Gasteiger partial charge in [0.25, 0.3) is 0 Å². The minimum Gasteiger partial charge on any atom is -0.462 e. The lowest BCUT2D eigenvalue weighted by Crippen LogP contribution is -2.38. The topological polar surface area (TPSA) is 89.9 Å². The maximum Gasteiger partial charge on any atom is 0.355 e. The standard InChI is InChI=1S/C22H35N3O5/c1-6-29-20(27)16-14-18(21(28)30-22(2,3)4)24(5)17(16)15-19(26)23-10-13-25-11-8-7-9-12-25/h14H,6-13,15H2,1-5H3,(H,23,26). The van der Waals surface area contributed by atoms with Gasteiger partial charge in [0, 0.05) is 25.8 Å². The van der Waals surface area contributed by atoms with Gasteiger partial charge < -0.3 is 24.3 Å². The van der Waals surface area contributed by atoms with Gasteiger partial charge in [-0.1, -0.05) is 6.42 Å². The first-order chi connectivity index (χ1) is 14.1. The molecule has 0 unspecified atom stereocenters. The molecule has 0 aliphatic carbocycles. The fourth-order valence-corrected chi connectivity index (χ4v) is 3.52. The molecule has 1 aromatic heterocycles. The van der Waals surface area contributed by atoms with Crippen molar-refractivity contribution >= 4 is 17.8 Å². The van der Waals surface area contributed by atoms with Crippen molar-refractivity contribution in [2.45, 2.75) is 59.0 Å². The molecule has 0 bridgehead atoms. The van der Waals surface area contributed by atoms with Crippen molar-refractivity contribution < 1.29 is 23.9 Å². The van der Waals surface area contributed by atoms with E-state index in [9.17, 15) is 14.4 Å². The number of amides is 1. The van der Waals surface area contributed by atoms with Crippen LogP contribution in [0.4, 0.5) is 0 Å². The Morgan fingerprint density at radius 1 is 1.10 bits per heavy atom. The molecule has 0 saturated carbocycles. The second-order valence-corrected chi connectivity index (χ2v) is 8.60. The lowest BCUT2D eigenvalue weighted by atomic mass is 10.1. The van der Waals surface area contributed by atoms with Crippen molar-refractivity contribution in [2.24, 2.45) is 7.05 Å². The van der Waals surface area contributed by atoms with Gasteiger partial charge in [-0.2, -0.15) is 0 Å². The highest BCUT2D eigenvalue weighted by atomic mass is 16.6. The Hall–Kier alpha value is -2.35. The van der Waals surface area contributed by atoms with Crippen molar-refractivity contribution in [2.75, 3.05) is 32.8 Å². The number of aromatic nitrogens is 1. The highest BCUT2D eigenvalue weighted by Gasteiger charge is 2.27. The maximum atomic E-state index is 12.6. The predicted octanol–water partition coefficient (Wildman–Crippen LogP) is 2.30. The van der Waals surface area contributed by atoms with E-state index >= 15 is 0 Å². The van der Waals surface area contributed by atoms with Crippen LogP contribution in [0.1, 0.15) is 73.5 Å². The molecule has 1 aliphatic heterocycles. The SMILES string of the molecule is CCOC(=O)c1cc(C(=O)OC(C)(C)C)n(C)c1CC(=O)NCCN1CCCCC1. The number of nitrogens with zero attached hydrogens (tertiary/aromatic N) is 2. The van der Waals surface area contributed by atoms with Gasteiger partial charge in [-0.05, 0) is 59.7 Å². The predicted molar refractivity (Wildman–Crippen MR) is 114 cm³/mol. The van der Waals surface area contributed by atoms with Gasteiger partial charge >= 0.3 is 11.9 Å². The molecular formula is C22H35N3O5. The molecule has 1 amide bonds. The van der Waals surface area contributed by atoms with E-state index in [0.717, 1.165) is 19.6 Å². The minimum atomic E-state index is -0.669. The Labute approximate surface area is 178 Å². The van der Waals surface area contributed by atoms with Gasteiger partial charge in [0.05, 0.1) is 18.6 Å². The number of nitrogens with one attached hydrogen (secondary N) is 1. The average Bonchev–Trinajstić information content (AvgIpc) is 2.98. The first-order valence-corrected chi connectivity index (χ1v) is 10.7. The van der Waals surface area contributed by atoms with E-state index in [4.69, 9.17) is 9.47 Å². The summed E-state index contributed by atoms with van der Waals surface area (Å²) < 4.78 is 12.1.